The van der Waals surface area contributed by atoms with Crippen LogP contribution in [0.3, 0.4) is 0 Å². The Kier molecular flexibility index (Phi) is 5.49. The quantitative estimate of drug-likeness (QED) is 0.767. The minimum atomic E-state index is -0.146. The van der Waals surface area contributed by atoms with Crippen LogP contribution in [0.5, 0.6) is 0 Å². The van der Waals surface area contributed by atoms with Gasteiger partial charge in [0.15, 0.2) is 0 Å². The molecule has 0 heterocycles. The molecule has 2 amide bonds. The van der Waals surface area contributed by atoms with Crippen LogP contribution in [-0.2, 0) is 0 Å². The van der Waals surface area contributed by atoms with E-state index in [1.165, 1.54) is 5.56 Å². The zero-order valence-corrected chi connectivity index (χ0v) is 10.8. The Morgan fingerprint density at radius 1 is 1.24 bits per heavy atom. The molecule has 0 saturated carbocycles. The summed E-state index contributed by atoms with van der Waals surface area (Å²) in [6.45, 7) is 3.69. The fraction of sp³-hybridized carbons (Fsp3) is 0.462. The van der Waals surface area contributed by atoms with Crippen molar-refractivity contribution in [3.8, 4) is 0 Å². The number of hydrogen-bond acceptors (Lipinski definition) is 2. The smallest absolute Gasteiger partial charge is 0.319 e. The third-order valence-corrected chi connectivity index (χ3v) is 2.38. The third-order valence-electron chi connectivity index (χ3n) is 2.38. The van der Waals surface area contributed by atoms with Crippen molar-refractivity contribution < 1.29 is 4.79 Å². The maximum atomic E-state index is 11.5. The van der Waals surface area contributed by atoms with E-state index in [2.05, 4.69) is 15.5 Å². The predicted molar refractivity (Wildman–Crippen MR) is 71.4 cm³/mol. The predicted octanol–water partition coefficient (Wildman–Crippen LogP) is 2.07. The Morgan fingerprint density at radius 2 is 1.88 bits per heavy atom. The third kappa shape index (κ3) is 5.92. The highest BCUT2D eigenvalue weighted by molar-refractivity contribution is 5.89. The van der Waals surface area contributed by atoms with E-state index in [0.29, 0.717) is 6.54 Å². The molecule has 0 aliphatic carbocycles. The van der Waals surface area contributed by atoms with Crippen molar-refractivity contribution in [2.75, 3.05) is 32.5 Å². The van der Waals surface area contributed by atoms with Gasteiger partial charge in [-0.1, -0.05) is 17.7 Å². The first kappa shape index (κ1) is 13.5. The second kappa shape index (κ2) is 6.91. The van der Waals surface area contributed by atoms with Crippen LogP contribution in [0.1, 0.15) is 12.0 Å². The number of nitrogens with zero attached hydrogens (tertiary/aromatic N) is 1. The van der Waals surface area contributed by atoms with Gasteiger partial charge in [0, 0.05) is 12.2 Å². The van der Waals surface area contributed by atoms with Crippen molar-refractivity contribution in [2.24, 2.45) is 0 Å². The van der Waals surface area contributed by atoms with E-state index in [9.17, 15) is 4.79 Å². The number of benzene rings is 1. The lowest BCUT2D eigenvalue weighted by molar-refractivity contribution is 0.251. The largest absolute Gasteiger partial charge is 0.338 e. The molecule has 94 valence electrons. The van der Waals surface area contributed by atoms with Crippen LogP contribution in [-0.4, -0.2) is 38.1 Å². The molecule has 1 rings (SSSR count). The summed E-state index contributed by atoms with van der Waals surface area (Å²) in [6.07, 6.45) is 0.953. The van der Waals surface area contributed by atoms with E-state index in [0.717, 1.165) is 18.7 Å². The number of amides is 2. The van der Waals surface area contributed by atoms with Gasteiger partial charge in [0.25, 0.3) is 0 Å². The summed E-state index contributed by atoms with van der Waals surface area (Å²) in [5, 5.41) is 5.62. The summed E-state index contributed by atoms with van der Waals surface area (Å²) in [4.78, 5) is 13.6. The average molecular weight is 235 g/mol. The van der Waals surface area contributed by atoms with Gasteiger partial charge in [-0.05, 0) is 46.1 Å². The molecule has 0 atom stereocenters. The van der Waals surface area contributed by atoms with Gasteiger partial charge in [0.2, 0.25) is 0 Å². The van der Waals surface area contributed by atoms with Gasteiger partial charge in [-0.3, -0.25) is 0 Å². The molecule has 0 unspecified atom stereocenters. The Hall–Kier alpha value is -1.55. The Balaban J connectivity index is 2.23. The first-order valence-corrected chi connectivity index (χ1v) is 5.84. The SMILES string of the molecule is Cc1ccc(NC(=O)NCCCN(C)C)cc1. The number of urea groups is 1. The Bertz CT molecular complexity index is 346. The van der Waals surface area contributed by atoms with Gasteiger partial charge in [-0.15, -0.1) is 0 Å². The lowest BCUT2D eigenvalue weighted by Crippen LogP contribution is -2.31. The summed E-state index contributed by atoms with van der Waals surface area (Å²) >= 11 is 0. The number of aryl methyl sites for hydroxylation is 1. The molecule has 0 aliphatic rings. The van der Waals surface area contributed by atoms with Crippen molar-refractivity contribution in [2.45, 2.75) is 13.3 Å². The molecule has 0 spiro atoms. The van der Waals surface area contributed by atoms with E-state index < -0.39 is 0 Å². The van der Waals surface area contributed by atoms with Crippen LogP contribution in [0, 0.1) is 6.92 Å². The van der Waals surface area contributed by atoms with E-state index in [-0.39, 0.29) is 6.03 Å². The number of hydrogen-bond donors (Lipinski definition) is 2. The van der Waals surface area contributed by atoms with Crippen molar-refractivity contribution in [1.29, 1.82) is 0 Å². The van der Waals surface area contributed by atoms with Crippen LogP contribution < -0.4 is 10.6 Å². The molecular weight excluding hydrogens is 214 g/mol. The van der Waals surface area contributed by atoms with Crippen molar-refractivity contribution in [3.05, 3.63) is 29.8 Å². The molecule has 17 heavy (non-hydrogen) atoms. The molecule has 0 radical (unpaired) electrons. The van der Waals surface area contributed by atoms with Crippen LogP contribution >= 0.6 is 0 Å². The normalized spacial score (nSPS) is 10.4. The summed E-state index contributed by atoms with van der Waals surface area (Å²) in [5.74, 6) is 0. The maximum absolute atomic E-state index is 11.5. The molecule has 1 aromatic carbocycles. The monoisotopic (exact) mass is 235 g/mol. The van der Waals surface area contributed by atoms with Gasteiger partial charge < -0.3 is 15.5 Å². The molecule has 0 aliphatic heterocycles. The maximum Gasteiger partial charge on any atom is 0.319 e. The van der Waals surface area contributed by atoms with E-state index in [1.54, 1.807) is 0 Å². The topological polar surface area (TPSA) is 44.4 Å². The standard InChI is InChI=1S/C13H21N3O/c1-11-5-7-12(8-6-11)15-13(17)14-9-4-10-16(2)3/h5-8H,4,9-10H2,1-3H3,(H2,14,15,17). The molecule has 1 aromatic rings. The van der Waals surface area contributed by atoms with Gasteiger partial charge in [-0.2, -0.15) is 0 Å². The lowest BCUT2D eigenvalue weighted by Gasteiger charge is -2.10. The highest BCUT2D eigenvalue weighted by Gasteiger charge is 2.00. The number of anilines is 1. The van der Waals surface area contributed by atoms with Crippen LogP contribution in [0.4, 0.5) is 10.5 Å². The second-order valence-corrected chi connectivity index (χ2v) is 4.40. The van der Waals surface area contributed by atoms with E-state index in [4.69, 9.17) is 0 Å². The Morgan fingerprint density at radius 3 is 2.47 bits per heavy atom. The summed E-state index contributed by atoms with van der Waals surface area (Å²) in [5.41, 5.74) is 2.00. The highest BCUT2D eigenvalue weighted by Crippen LogP contribution is 2.07. The minimum absolute atomic E-state index is 0.146. The van der Waals surface area contributed by atoms with E-state index >= 15 is 0 Å². The molecule has 2 N–H and O–H groups in total. The molecular formula is C13H21N3O. The van der Waals surface area contributed by atoms with E-state index in [1.807, 2.05) is 45.3 Å². The zero-order valence-electron chi connectivity index (χ0n) is 10.8. The van der Waals surface area contributed by atoms with Crippen molar-refractivity contribution in [3.63, 3.8) is 0 Å². The van der Waals surface area contributed by atoms with Crippen molar-refractivity contribution >= 4 is 11.7 Å². The number of carbonyl (C=O) groups excluding carboxylic acids is 1. The van der Waals surface area contributed by atoms with Crippen LogP contribution in [0.2, 0.25) is 0 Å². The van der Waals surface area contributed by atoms with Crippen LogP contribution in [0.25, 0.3) is 0 Å². The minimum Gasteiger partial charge on any atom is -0.338 e. The molecule has 0 bridgehead atoms. The lowest BCUT2D eigenvalue weighted by atomic mass is 10.2. The van der Waals surface area contributed by atoms with Crippen LogP contribution in [0.15, 0.2) is 24.3 Å². The summed E-state index contributed by atoms with van der Waals surface area (Å²) in [6, 6.07) is 7.60. The number of carbonyl (C=O) groups is 1. The highest BCUT2D eigenvalue weighted by atomic mass is 16.2. The first-order chi connectivity index (χ1) is 8.08. The Labute approximate surface area is 103 Å². The fourth-order valence-corrected chi connectivity index (χ4v) is 1.41. The van der Waals surface area contributed by atoms with Gasteiger partial charge >= 0.3 is 6.03 Å². The summed E-state index contributed by atoms with van der Waals surface area (Å²) < 4.78 is 0. The fourth-order valence-electron chi connectivity index (χ4n) is 1.41. The molecule has 4 heteroatoms. The first-order valence-electron chi connectivity index (χ1n) is 5.84. The van der Waals surface area contributed by atoms with Gasteiger partial charge in [0.05, 0.1) is 0 Å². The van der Waals surface area contributed by atoms with Crippen molar-refractivity contribution in [1.82, 2.24) is 10.2 Å². The number of nitrogens with one attached hydrogen (secondary N) is 2. The van der Waals surface area contributed by atoms with Gasteiger partial charge in [-0.25, -0.2) is 4.79 Å². The average Bonchev–Trinajstić information content (AvgIpc) is 2.27. The molecule has 0 aromatic heterocycles. The van der Waals surface area contributed by atoms with Gasteiger partial charge in [0.1, 0.15) is 0 Å². The molecule has 0 saturated heterocycles. The molecule has 4 nitrogen and oxygen atoms in total. The zero-order chi connectivity index (χ0) is 12.7. The summed E-state index contributed by atoms with van der Waals surface area (Å²) in [7, 11) is 4.04. The molecule has 0 fully saturated rings. The number of rotatable bonds is 5. The second-order valence-electron chi connectivity index (χ2n) is 4.40.